The van der Waals surface area contributed by atoms with E-state index >= 15 is 0 Å². The van der Waals surface area contributed by atoms with Gasteiger partial charge >= 0.3 is 0 Å². The number of thiazole rings is 1. The summed E-state index contributed by atoms with van der Waals surface area (Å²) in [6.45, 7) is 6.74. The van der Waals surface area contributed by atoms with Gasteiger partial charge < -0.3 is 25.4 Å². The fourth-order valence-electron chi connectivity index (χ4n) is 4.39. The number of nitrogens with one attached hydrogen (secondary N) is 1. The topological polar surface area (TPSA) is 102 Å². The Hall–Kier alpha value is -3.63. The molecule has 1 saturated heterocycles. The van der Waals surface area contributed by atoms with Gasteiger partial charge in [0.05, 0.1) is 10.2 Å². The van der Waals surface area contributed by atoms with Crippen molar-refractivity contribution >= 4 is 44.0 Å². The molecule has 2 aromatic carbocycles. The zero-order valence-electron chi connectivity index (χ0n) is 18.8. The Labute approximate surface area is 201 Å². The number of nitrogens with zero attached hydrogens (tertiary/aromatic N) is 5. The molecule has 4 heterocycles. The number of hydrogen-bond acceptors (Lipinski definition) is 10. The first-order valence-electron chi connectivity index (χ1n) is 11.2. The standard InChI is InChI=1S/C24H25N7O2S/c1-15-3-2-4-19-21(15)28-24(34-19)29-22-20(25)23(27-13-26-22)31-9-7-30(8-10-31)12-16-5-6-17-18(11-16)33-14-32-17/h2-6,11,13H,7-10,12,14,25H2,1H3,(H,26,27,28,29). The number of piperazine rings is 1. The zero-order chi connectivity index (χ0) is 23.1. The minimum absolute atomic E-state index is 0.299. The predicted molar refractivity (Wildman–Crippen MR) is 134 cm³/mol. The van der Waals surface area contributed by atoms with Crippen molar-refractivity contribution in [1.29, 1.82) is 0 Å². The normalized spacial score (nSPS) is 15.7. The van der Waals surface area contributed by atoms with Gasteiger partial charge in [0.1, 0.15) is 12.0 Å². The molecule has 0 atom stereocenters. The van der Waals surface area contributed by atoms with Crippen LogP contribution in [0.5, 0.6) is 11.5 Å². The van der Waals surface area contributed by atoms with Gasteiger partial charge in [0, 0.05) is 32.7 Å². The molecule has 1 fully saturated rings. The van der Waals surface area contributed by atoms with Crippen molar-refractivity contribution in [2.24, 2.45) is 0 Å². The maximum absolute atomic E-state index is 6.50. The molecule has 2 aliphatic rings. The van der Waals surface area contributed by atoms with Crippen molar-refractivity contribution in [2.45, 2.75) is 13.5 Å². The molecule has 0 aliphatic carbocycles. The monoisotopic (exact) mass is 475 g/mol. The fraction of sp³-hybridized carbons (Fsp3) is 0.292. The summed E-state index contributed by atoms with van der Waals surface area (Å²) >= 11 is 1.59. The third-order valence-electron chi connectivity index (χ3n) is 6.22. The summed E-state index contributed by atoms with van der Waals surface area (Å²) < 4.78 is 12.0. The molecule has 174 valence electrons. The molecule has 0 unspecified atom stereocenters. The van der Waals surface area contributed by atoms with Crippen molar-refractivity contribution in [3.8, 4) is 11.5 Å². The first kappa shape index (κ1) is 20.9. The number of benzene rings is 2. The lowest BCUT2D eigenvalue weighted by Crippen LogP contribution is -2.46. The lowest BCUT2D eigenvalue weighted by atomic mass is 10.1. The molecular weight excluding hydrogens is 450 g/mol. The van der Waals surface area contributed by atoms with E-state index in [0.29, 0.717) is 18.3 Å². The van der Waals surface area contributed by atoms with Gasteiger partial charge in [-0.25, -0.2) is 15.0 Å². The van der Waals surface area contributed by atoms with Crippen LogP contribution < -0.4 is 25.4 Å². The Morgan fingerprint density at radius 2 is 1.91 bits per heavy atom. The van der Waals surface area contributed by atoms with E-state index in [-0.39, 0.29) is 0 Å². The highest BCUT2D eigenvalue weighted by Crippen LogP contribution is 2.34. The van der Waals surface area contributed by atoms with Crippen LogP contribution >= 0.6 is 11.3 Å². The van der Waals surface area contributed by atoms with Crippen LogP contribution in [0.25, 0.3) is 10.2 Å². The largest absolute Gasteiger partial charge is 0.454 e. The van der Waals surface area contributed by atoms with E-state index in [0.717, 1.165) is 71.0 Å². The van der Waals surface area contributed by atoms with Gasteiger partial charge in [-0.2, -0.15) is 0 Å². The highest BCUT2D eigenvalue weighted by atomic mass is 32.1. The SMILES string of the molecule is Cc1cccc2sc(Nc3ncnc(N4CCN(Cc5ccc6c(c5)OCO6)CC4)c3N)nc12. The number of nitrogen functional groups attached to an aromatic ring is 1. The second-order valence-corrected chi connectivity index (χ2v) is 9.51. The lowest BCUT2D eigenvalue weighted by molar-refractivity contribution is 0.174. The predicted octanol–water partition coefficient (Wildman–Crippen LogP) is 3.77. The Kier molecular flexibility index (Phi) is 5.31. The highest BCUT2D eigenvalue weighted by molar-refractivity contribution is 7.22. The number of ether oxygens (including phenoxy) is 2. The summed E-state index contributed by atoms with van der Waals surface area (Å²) in [4.78, 5) is 18.2. The zero-order valence-corrected chi connectivity index (χ0v) is 19.6. The minimum atomic E-state index is 0.299. The number of para-hydroxylation sites is 1. The van der Waals surface area contributed by atoms with Crippen LogP contribution in [0.1, 0.15) is 11.1 Å². The Balaban J connectivity index is 1.13. The van der Waals surface area contributed by atoms with Gasteiger partial charge in [-0.3, -0.25) is 4.90 Å². The molecule has 0 radical (unpaired) electrons. The third kappa shape index (κ3) is 3.95. The van der Waals surface area contributed by atoms with E-state index in [4.69, 9.17) is 20.2 Å². The van der Waals surface area contributed by atoms with Crippen LogP contribution in [0.2, 0.25) is 0 Å². The van der Waals surface area contributed by atoms with E-state index < -0.39 is 0 Å². The fourth-order valence-corrected chi connectivity index (χ4v) is 5.34. The summed E-state index contributed by atoms with van der Waals surface area (Å²) in [6, 6.07) is 12.3. The summed E-state index contributed by atoms with van der Waals surface area (Å²) in [7, 11) is 0. The highest BCUT2D eigenvalue weighted by Gasteiger charge is 2.22. The summed E-state index contributed by atoms with van der Waals surface area (Å²) in [6.07, 6.45) is 1.56. The van der Waals surface area contributed by atoms with Crippen LogP contribution in [0.15, 0.2) is 42.7 Å². The van der Waals surface area contributed by atoms with Crippen molar-refractivity contribution in [3.63, 3.8) is 0 Å². The van der Waals surface area contributed by atoms with Gasteiger partial charge in [-0.15, -0.1) is 0 Å². The van der Waals surface area contributed by atoms with Gasteiger partial charge in [0.25, 0.3) is 0 Å². The molecule has 2 aromatic heterocycles. The Morgan fingerprint density at radius 1 is 1.06 bits per heavy atom. The van der Waals surface area contributed by atoms with E-state index in [1.165, 1.54) is 5.56 Å². The van der Waals surface area contributed by atoms with Crippen LogP contribution in [-0.4, -0.2) is 52.8 Å². The quantitative estimate of drug-likeness (QED) is 0.446. The van der Waals surface area contributed by atoms with E-state index in [1.54, 1.807) is 17.7 Å². The second kappa shape index (κ2) is 8.62. The van der Waals surface area contributed by atoms with Crippen LogP contribution in [0.4, 0.5) is 22.5 Å². The molecule has 0 saturated carbocycles. The van der Waals surface area contributed by atoms with Crippen LogP contribution in [0, 0.1) is 6.92 Å². The van der Waals surface area contributed by atoms with E-state index in [9.17, 15) is 0 Å². The molecule has 0 bridgehead atoms. The maximum Gasteiger partial charge on any atom is 0.231 e. The molecule has 0 spiro atoms. The smallest absolute Gasteiger partial charge is 0.231 e. The number of aromatic nitrogens is 3. The lowest BCUT2D eigenvalue weighted by Gasteiger charge is -2.36. The minimum Gasteiger partial charge on any atom is -0.454 e. The van der Waals surface area contributed by atoms with Crippen molar-refractivity contribution in [1.82, 2.24) is 19.9 Å². The van der Waals surface area contributed by atoms with E-state index in [2.05, 4.69) is 56.3 Å². The van der Waals surface area contributed by atoms with Gasteiger partial charge in [-0.1, -0.05) is 29.5 Å². The van der Waals surface area contributed by atoms with E-state index in [1.807, 2.05) is 12.1 Å². The molecule has 0 amide bonds. The van der Waals surface area contributed by atoms with Gasteiger partial charge in [-0.05, 0) is 36.2 Å². The summed E-state index contributed by atoms with van der Waals surface area (Å²) in [5, 5.41) is 4.07. The number of fused-ring (bicyclic) bond motifs is 2. The summed E-state index contributed by atoms with van der Waals surface area (Å²) in [5.41, 5.74) is 10.4. The average Bonchev–Trinajstić information content (AvgIpc) is 3.48. The Morgan fingerprint density at radius 3 is 2.76 bits per heavy atom. The van der Waals surface area contributed by atoms with Crippen molar-refractivity contribution in [2.75, 3.05) is 48.9 Å². The van der Waals surface area contributed by atoms with Gasteiger partial charge in [0.2, 0.25) is 6.79 Å². The first-order valence-corrected chi connectivity index (χ1v) is 12.1. The van der Waals surface area contributed by atoms with Crippen molar-refractivity contribution < 1.29 is 9.47 Å². The third-order valence-corrected chi connectivity index (χ3v) is 7.16. The number of rotatable bonds is 5. The van der Waals surface area contributed by atoms with Gasteiger partial charge in [0.15, 0.2) is 28.3 Å². The van der Waals surface area contributed by atoms with Crippen LogP contribution in [-0.2, 0) is 6.54 Å². The molecule has 4 aromatic rings. The van der Waals surface area contributed by atoms with Crippen LogP contribution in [0.3, 0.4) is 0 Å². The molecule has 9 nitrogen and oxygen atoms in total. The molecular formula is C24H25N7O2S. The number of nitrogens with two attached hydrogens (primary N) is 1. The molecule has 10 heteroatoms. The Bertz CT molecular complexity index is 1350. The second-order valence-electron chi connectivity index (χ2n) is 8.48. The number of anilines is 4. The molecule has 3 N–H and O–H groups in total. The number of hydrogen-bond donors (Lipinski definition) is 2. The first-order chi connectivity index (χ1) is 16.6. The number of aryl methyl sites for hydroxylation is 1. The summed E-state index contributed by atoms with van der Waals surface area (Å²) in [5.74, 6) is 2.99. The molecule has 6 rings (SSSR count). The molecule has 2 aliphatic heterocycles. The van der Waals surface area contributed by atoms with Crippen molar-refractivity contribution in [3.05, 3.63) is 53.9 Å². The average molecular weight is 476 g/mol. The molecule has 34 heavy (non-hydrogen) atoms. The maximum atomic E-state index is 6.50.